The predicted octanol–water partition coefficient (Wildman–Crippen LogP) is 3.08. The van der Waals surface area contributed by atoms with Crippen molar-refractivity contribution in [1.29, 1.82) is 0 Å². The Kier molecular flexibility index (Phi) is 5.51. The summed E-state index contributed by atoms with van der Waals surface area (Å²) in [7, 11) is 0. The van der Waals surface area contributed by atoms with Crippen LogP contribution in [0.5, 0.6) is 0 Å². The van der Waals surface area contributed by atoms with Crippen molar-refractivity contribution >= 4 is 28.9 Å². The van der Waals surface area contributed by atoms with E-state index in [1.54, 1.807) is 0 Å². The van der Waals surface area contributed by atoms with Crippen molar-refractivity contribution in [2.45, 2.75) is 19.3 Å². The van der Waals surface area contributed by atoms with E-state index in [1.807, 2.05) is 0 Å². The van der Waals surface area contributed by atoms with Crippen LogP contribution in [0.3, 0.4) is 0 Å². The first-order valence-electron chi connectivity index (χ1n) is 5.34. The number of unbranched alkanes of at least 4 members (excludes halogenated alkanes) is 1. The molecule has 0 heterocycles. The average molecular weight is 275 g/mol. The summed E-state index contributed by atoms with van der Waals surface area (Å²) in [6.07, 6.45) is 1.56. The lowest BCUT2D eigenvalue weighted by atomic mass is 10.2. The lowest BCUT2D eigenvalue weighted by Crippen LogP contribution is -2.12. The number of nitro benzene ring substituents is 1. The second-order valence-electron chi connectivity index (χ2n) is 3.62. The molecule has 0 fully saturated rings. The van der Waals surface area contributed by atoms with Crippen molar-refractivity contribution < 1.29 is 14.1 Å². The number of non-ortho nitro benzene ring substituents is 1. The van der Waals surface area contributed by atoms with E-state index in [0.717, 1.165) is 12.1 Å². The SMILES string of the molecule is O=C(CCCCCl)Nc1ccc([N+](=O)[O-])cc1F. The summed E-state index contributed by atoms with van der Waals surface area (Å²) in [6.45, 7) is 0. The first-order valence-corrected chi connectivity index (χ1v) is 5.88. The van der Waals surface area contributed by atoms with Gasteiger partial charge in [-0.05, 0) is 18.9 Å². The van der Waals surface area contributed by atoms with Crippen LogP contribution in [0.15, 0.2) is 18.2 Å². The summed E-state index contributed by atoms with van der Waals surface area (Å²) in [5.41, 5.74) is -0.413. The number of rotatable bonds is 6. The smallest absolute Gasteiger partial charge is 0.272 e. The molecule has 1 amide bonds. The van der Waals surface area contributed by atoms with Crippen molar-refractivity contribution in [2.24, 2.45) is 0 Å². The van der Waals surface area contributed by atoms with Crippen LogP contribution in [0, 0.1) is 15.9 Å². The van der Waals surface area contributed by atoms with Crippen molar-refractivity contribution in [3.05, 3.63) is 34.1 Å². The molecule has 0 aliphatic heterocycles. The van der Waals surface area contributed by atoms with Gasteiger partial charge in [-0.2, -0.15) is 0 Å². The number of nitrogens with one attached hydrogen (secondary N) is 1. The molecule has 0 aliphatic carbocycles. The molecule has 0 saturated carbocycles. The first-order chi connectivity index (χ1) is 8.54. The molecule has 1 aromatic rings. The molecular formula is C11H12ClFN2O3. The summed E-state index contributed by atoms with van der Waals surface area (Å²) in [4.78, 5) is 21.1. The molecule has 1 N–H and O–H groups in total. The zero-order valence-corrected chi connectivity index (χ0v) is 10.2. The number of amides is 1. The molecule has 0 bridgehead atoms. The molecule has 0 aliphatic rings. The fourth-order valence-electron chi connectivity index (χ4n) is 1.31. The molecule has 1 aromatic carbocycles. The Morgan fingerprint density at radius 1 is 1.44 bits per heavy atom. The van der Waals surface area contributed by atoms with E-state index in [4.69, 9.17) is 11.6 Å². The third-order valence-electron chi connectivity index (χ3n) is 2.23. The van der Waals surface area contributed by atoms with Gasteiger partial charge in [0.15, 0.2) is 5.82 Å². The summed E-state index contributed by atoms with van der Waals surface area (Å²) in [6, 6.07) is 3.08. The van der Waals surface area contributed by atoms with Gasteiger partial charge in [-0.3, -0.25) is 14.9 Å². The van der Waals surface area contributed by atoms with Crippen LogP contribution in [0.25, 0.3) is 0 Å². The second-order valence-corrected chi connectivity index (χ2v) is 3.99. The molecule has 0 aromatic heterocycles. The Bertz CT molecular complexity index is 454. The third kappa shape index (κ3) is 4.29. The minimum atomic E-state index is -0.824. The maximum Gasteiger partial charge on any atom is 0.272 e. The quantitative estimate of drug-likeness (QED) is 0.375. The molecule has 5 nitrogen and oxygen atoms in total. The molecule has 0 saturated heterocycles. The van der Waals surface area contributed by atoms with Crippen LogP contribution in [0.1, 0.15) is 19.3 Å². The maximum absolute atomic E-state index is 13.4. The van der Waals surface area contributed by atoms with Crippen LogP contribution in [-0.2, 0) is 4.79 Å². The van der Waals surface area contributed by atoms with E-state index in [9.17, 15) is 19.3 Å². The molecule has 0 unspecified atom stereocenters. The highest BCUT2D eigenvalue weighted by Gasteiger charge is 2.12. The summed E-state index contributed by atoms with van der Waals surface area (Å²) in [5.74, 6) is -0.693. The number of halogens is 2. The van der Waals surface area contributed by atoms with Crippen molar-refractivity contribution in [1.82, 2.24) is 0 Å². The van der Waals surface area contributed by atoms with E-state index in [1.165, 1.54) is 6.07 Å². The van der Waals surface area contributed by atoms with Gasteiger partial charge < -0.3 is 5.32 Å². The molecule has 7 heteroatoms. The highest BCUT2D eigenvalue weighted by molar-refractivity contribution is 6.17. The zero-order valence-electron chi connectivity index (χ0n) is 9.49. The Labute approximate surface area is 108 Å². The van der Waals surface area contributed by atoms with Gasteiger partial charge in [0.2, 0.25) is 5.91 Å². The van der Waals surface area contributed by atoms with Crippen LogP contribution >= 0.6 is 11.6 Å². The number of nitro groups is 1. The van der Waals surface area contributed by atoms with Crippen LogP contribution in [0.2, 0.25) is 0 Å². The van der Waals surface area contributed by atoms with Gasteiger partial charge in [-0.25, -0.2) is 4.39 Å². The minimum absolute atomic E-state index is 0.0588. The molecule has 0 atom stereocenters. The van der Waals surface area contributed by atoms with Gasteiger partial charge in [0.05, 0.1) is 16.7 Å². The lowest BCUT2D eigenvalue weighted by Gasteiger charge is -2.05. The Morgan fingerprint density at radius 2 is 2.17 bits per heavy atom. The molecule has 1 rings (SSSR count). The van der Waals surface area contributed by atoms with Crippen molar-refractivity contribution in [2.75, 3.05) is 11.2 Å². The average Bonchev–Trinajstić information content (AvgIpc) is 2.32. The first kappa shape index (κ1) is 14.4. The largest absolute Gasteiger partial charge is 0.324 e. The van der Waals surface area contributed by atoms with Gasteiger partial charge in [0.1, 0.15) is 0 Å². The van der Waals surface area contributed by atoms with Gasteiger partial charge in [0.25, 0.3) is 5.69 Å². The van der Waals surface area contributed by atoms with E-state index in [2.05, 4.69) is 5.32 Å². The monoisotopic (exact) mass is 274 g/mol. The molecular weight excluding hydrogens is 263 g/mol. The van der Waals surface area contributed by atoms with Gasteiger partial charge in [-0.1, -0.05) is 0 Å². The number of hydrogen-bond acceptors (Lipinski definition) is 3. The van der Waals surface area contributed by atoms with Crippen molar-refractivity contribution in [3.8, 4) is 0 Å². The number of benzene rings is 1. The van der Waals surface area contributed by atoms with E-state index < -0.39 is 10.7 Å². The Balaban J connectivity index is 2.62. The van der Waals surface area contributed by atoms with E-state index >= 15 is 0 Å². The Morgan fingerprint density at radius 3 is 2.72 bits per heavy atom. The number of alkyl halides is 1. The summed E-state index contributed by atoms with van der Waals surface area (Å²) >= 11 is 5.46. The molecule has 18 heavy (non-hydrogen) atoms. The highest BCUT2D eigenvalue weighted by Crippen LogP contribution is 2.20. The van der Waals surface area contributed by atoms with Gasteiger partial charge >= 0.3 is 0 Å². The van der Waals surface area contributed by atoms with Crippen LogP contribution < -0.4 is 5.32 Å². The number of anilines is 1. The number of nitrogens with zero attached hydrogens (tertiary/aromatic N) is 1. The lowest BCUT2D eigenvalue weighted by molar-refractivity contribution is -0.385. The molecule has 98 valence electrons. The molecule has 0 radical (unpaired) electrons. The number of carbonyl (C=O) groups excluding carboxylic acids is 1. The van der Waals surface area contributed by atoms with Crippen LogP contribution in [0.4, 0.5) is 15.8 Å². The number of carbonyl (C=O) groups is 1. The highest BCUT2D eigenvalue weighted by atomic mass is 35.5. The number of hydrogen-bond donors (Lipinski definition) is 1. The fourth-order valence-corrected chi connectivity index (χ4v) is 1.50. The van der Waals surface area contributed by atoms with Gasteiger partial charge in [-0.15, -0.1) is 11.6 Å². The minimum Gasteiger partial charge on any atom is -0.324 e. The topological polar surface area (TPSA) is 72.2 Å². The zero-order chi connectivity index (χ0) is 13.5. The normalized spacial score (nSPS) is 10.1. The maximum atomic E-state index is 13.4. The van der Waals surface area contributed by atoms with E-state index in [0.29, 0.717) is 18.7 Å². The van der Waals surface area contributed by atoms with E-state index in [-0.39, 0.29) is 23.7 Å². The standard InChI is InChI=1S/C11H12ClFN2O3/c12-6-2-1-3-11(16)14-10-5-4-8(15(17)18)7-9(10)13/h4-5,7H,1-3,6H2,(H,14,16). The second kappa shape index (κ2) is 6.90. The van der Waals surface area contributed by atoms with Crippen molar-refractivity contribution in [3.63, 3.8) is 0 Å². The predicted molar refractivity (Wildman–Crippen MR) is 66.3 cm³/mol. The summed E-state index contributed by atoms with van der Waals surface area (Å²) < 4.78 is 13.4. The third-order valence-corrected chi connectivity index (χ3v) is 2.49. The Hall–Kier alpha value is -1.69. The molecule has 0 spiro atoms. The van der Waals surface area contributed by atoms with Gasteiger partial charge in [0, 0.05) is 18.4 Å². The summed E-state index contributed by atoms with van der Waals surface area (Å²) in [5, 5.41) is 12.8. The fraction of sp³-hybridized carbons (Fsp3) is 0.364. The van der Waals surface area contributed by atoms with Crippen LogP contribution in [-0.4, -0.2) is 16.7 Å².